The largest absolute Gasteiger partial charge is 0.398 e. The van der Waals surface area contributed by atoms with Gasteiger partial charge >= 0.3 is 5.69 Å². The van der Waals surface area contributed by atoms with Crippen LogP contribution in [0, 0.1) is 0 Å². The number of nitrogens with zero attached hydrogens (tertiary/aromatic N) is 2. The van der Waals surface area contributed by atoms with Crippen molar-refractivity contribution < 1.29 is 0 Å². The van der Waals surface area contributed by atoms with Gasteiger partial charge in [-0.3, -0.25) is 4.57 Å². The van der Waals surface area contributed by atoms with Crippen molar-refractivity contribution in [1.82, 2.24) is 9.55 Å². The molecule has 0 fully saturated rings. The van der Waals surface area contributed by atoms with Crippen LogP contribution in [0.5, 0.6) is 0 Å². The molecular formula is C11H12ClN3OS. The number of benzene rings is 1. The Balaban J connectivity index is 0.00000144. The van der Waals surface area contributed by atoms with Gasteiger partial charge in [0.15, 0.2) is 0 Å². The first kappa shape index (κ1) is 13.6. The second-order valence-corrected chi connectivity index (χ2v) is 4.17. The van der Waals surface area contributed by atoms with Crippen molar-refractivity contribution >= 4 is 29.9 Å². The van der Waals surface area contributed by atoms with Gasteiger partial charge in [0.05, 0.1) is 5.88 Å². The minimum absolute atomic E-state index is 0. The zero-order valence-electron chi connectivity index (χ0n) is 8.95. The standard InChI is InChI=1S/C11H11N3OS.ClH/c12-9-4-1-2-5-10(9)16-8-14-7-3-6-13-11(14)15;/h1-7H,8,12H2;1H. The molecule has 90 valence electrons. The Hall–Kier alpha value is -1.46. The molecule has 2 aromatic rings. The molecule has 0 aliphatic carbocycles. The predicted octanol–water partition coefficient (Wildman–Crippen LogP) is 2.00. The van der Waals surface area contributed by atoms with Crippen molar-refractivity contribution in [2.75, 3.05) is 5.73 Å². The number of nitrogen functional groups attached to an aromatic ring is 1. The van der Waals surface area contributed by atoms with Crippen LogP contribution in [0.3, 0.4) is 0 Å². The van der Waals surface area contributed by atoms with Crippen molar-refractivity contribution in [3.8, 4) is 0 Å². The summed E-state index contributed by atoms with van der Waals surface area (Å²) in [6, 6.07) is 9.31. The molecule has 17 heavy (non-hydrogen) atoms. The monoisotopic (exact) mass is 269 g/mol. The second-order valence-electron chi connectivity index (χ2n) is 3.18. The molecule has 1 aromatic heterocycles. The van der Waals surface area contributed by atoms with Crippen molar-refractivity contribution in [2.24, 2.45) is 0 Å². The number of thioether (sulfide) groups is 1. The van der Waals surface area contributed by atoms with E-state index >= 15 is 0 Å². The molecule has 2 rings (SSSR count). The van der Waals surface area contributed by atoms with Gasteiger partial charge in [-0.1, -0.05) is 12.1 Å². The summed E-state index contributed by atoms with van der Waals surface area (Å²) in [4.78, 5) is 16.0. The maximum Gasteiger partial charge on any atom is 0.348 e. The third kappa shape index (κ3) is 3.51. The highest BCUT2D eigenvalue weighted by Crippen LogP contribution is 2.24. The Kier molecular flexibility index (Phi) is 5.06. The first-order valence-corrected chi connectivity index (χ1v) is 5.75. The number of hydrogen-bond donors (Lipinski definition) is 1. The number of hydrogen-bond acceptors (Lipinski definition) is 4. The average Bonchev–Trinajstić information content (AvgIpc) is 2.30. The van der Waals surface area contributed by atoms with Crippen LogP contribution >= 0.6 is 24.2 Å². The molecule has 0 amide bonds. The van der Waals surface area contributed by atoms with Gasteiger partial charge in [-0.2, -0.15) is 0 Å². The van der Waals surface area contributed by atoms with Crippen LogP contribution in [0.25, 0.3) is 0 Å². The molecule has 0 radical (unpaired) electrons. The van der Waals surface area contributed by atoms with E-state index in [1.54, 1.807) is 12.3 Å². The van der Waals surface area contributed by atoms with Crippen molar-refractivity contribution in [1.29, 1.82) is 0 Å². The first-order chi connectivity index (χ1) is 7.77. The molecule has 6 heteroatoms. The van der Waals surface area contributed by atoms with Gasteiger partial charge in [-0.05, 0) is 18.2 Å². The summed E-state index contributed by atoms with van der Waals surface area (Å²) >= 11 is 1.51. The first-order valence-electron chi connectivity index (χ1n) is 4.76. The fraction of sp³-hybridized carbons (Fsp3) is 0.0909. The number of para-hydroxylation sites is 1. The smallest absolute Gasteiger partial charge is 0.348 e. The van der Waals surface area contributed by atoms with E-state index in [4.69, 9.17) is 5.73 Å². The Morgan fingerprint density at radius 3 is 2.76 bits per heavy atom. The van der Waals surface area contributed by atoms with Crippen LogP contribution < -0.4 is 11.4 Å². The molecule has 1 aromatic carbocycles. The lowest BCUT2D eigenvalue weighted by molar-refractivity contribution is 0.793. The van der Waals surface area contributed by atoms with Crippen LogP contribution in [0.4, 0.5) is 5.69 Å². The van der Waals surface area contributed by atoms with E-state index in [9.17, 15) is 4.79 Å². The number of anilines is 1. The molecular weight excluding hydrogens is 258 g/mol. The van der Waals surface area contributed by atoms with Crippen molar-refractivity contribution in [2.45, 2.75) is 10.8 Å². The Labute approximate surface area is 109 Å². The average molecular weight is 270 g/mol. The van der Waals surface area contributed by atoms with Gasteiger partial charge in [0.25, 0.3) is 0 Å². The molecule has 0 saturated carbocycles. The van der Waals surface area contributed by atoms with Crippen LogP contribution in [0.2, 0.25) is 0 Å². The van der Waals surface area contributed by atoms with Crippen LogP contribution in [-0.2, 0) is 5.88 Å². The normalized spacial score (nSPS) is 9.65. The lowest BCUT2D eigenvalue weighted by Gasteiger charge is -2.06. The molecule has 1 heterocycles. The maximum absolute atomic E-state index is 11.3. The van der Waals surface area contributed by atoms with E-state index < -0.39 is 0 Å². The van der Waals surface area contributed by atoms with E-state index in [0.29, 0.717) is 5.88 Å². The fourth-order valence-electron chi connectivity index (χ4n) is 1.24. The van der Waals surface area contributed by atoms with Gasteiger partial charge < -0.3 is 5.73 Å². The van der Waals surface area contributed by atoms with Crippen LogP contribution in [0.1, 0.15) is 0 Å². The molecule has 0 bridgehead atoms. The molecule has 0 aliphatic rings. The highest BCUT2D eigenvalue weighted by molar-refractivity contribution is 7.98. The summed E-state index contributed by atoms with van der Waals surface area (Å²) in [5, 5.41) is 0. The van der Waals surface area contributed by atoms with E-state index in [-0.39, 0.29) is 18.1 Å². The lowest BCUT2D eigenvalue weighted by Crippen LogP contribution is -2.20. The number of nitrogens with two attached hydrogens (primary N) is 1. The van der Waals surface area contributed by atoms with E-state index in [2.05, 4.69) is 4.98 Å². The Morgan fingerprint density at radius 2 is 2.06 bits per heavy atom. The second kappa shape index (κ2) is 6.32. The molecule has 0 atom stereocenters. The quantitative estimate of drug-likeness (QED) is 0.684. The third-order valence-electron chi connectivity index (χ3n) is 2.06. The van der Waals surface area contributed by atoms with Crippen molar-refractivity contribution in [3.63, 3.8) is 0 Å². The molecule has 2 N–H and O–H groups in total. The Bertz CT molecular complexity index is 544. The summed E-state index contributed by atoms with van der Waals surface area (Å²) in [5.74, 6) is 0.515. The molecule has 0 unspecified atom stereocenters. The van der Waals surface area contributed by atoms with Gasteiger partial charge in [-0.25, -0.2) is 9.78 Å². The van der Waals surface area contributed by atoms with Gasteiger partial charge in [0.2, 0.25) is 0 Å². The van der Waals surface area contributed by atoms with Gasteiger partial charge in [0, 0.05) is 23.0 Å². The van der Waals surface area contributed by atoms with E-state index in [1.807, 2.05) is 24.3 Å². The topological polar surface area (TPSA) is 60.9 Å². The third-order valence-corrected chi connectivity index (χ3v) is 3.15. The lowest BCUT2D eigenvalue weighted by atomic mass is 10.3. The highest BCUT2D eigenvalue weighted by Gasteiger charge is 2.00. The predicted molar refractivity (Wildman–Crippen MR) is 72.5 cm³/mol. The van der Waals surface area contributed by atoms with Crippen LogP contribution in [0.15, 0.2) is 52.4 Å². The summed E-state index contributed by atoms with van der Waals surface area (Å²) in [6.45, 7) is 0. The van der Waals surface area contributed by atoms with Gasteiger partial charge in [-0.15, -0.1) is 24.2 Å². The van der Waals surface area contributed by atoms with E-state index in [1.165, 1.54) is 22.5 Å². The van der Waals surface area contributed by atoms with Gasteiger partial charge in [0.1, 0.15) is 0 Å². The maximum atomic E-state index is 11.3. The highest BCUT2D eigenvalue weighted by atomic mass is 35.5. The summed E-state index contributed by atoms with van der Waals surface area (Å²) in [6.07, 6.45) is 3.20. The zero-order valence-corrected chi connectivity index (χ0v) is 10.6. The Morgan fingerprint density at radius 1 is 1.29 bits per heavy atom. The molecule has 0 spiro atoms. The summed E-state index contributed by atoms with van der Waals surface area (Å²) < 4.78 is 1.54. The number of rotatable bonds is 3. The molecule has 0 saturated heterocycles. The minimum atomic E-state index is -0.246. The number of aromatic nitrogens is 2. The number of halogens is 1. The molecule has 0 aliphatic heterocycles. The summed E-state index contributed by atoms with van der Waals surface area (Å²) in [7, 11) is 0. The van der Waals surface area contributed by atoms with Crippen LogP contribution in [-0.4, -0.2) is 9.55 Å². The minimum Gasteiger partial charge on any atom is -0.398 e. The van der Waals surface area contributed by atoms with Crippen molar-refractivity contribution in [3.05, 3.63) is 53.2 Å². The summed E-state index contributed by atoms with van der Waals surface area (Å²) in [5.41, 5.74) is 6.28. The SMILES string of the molecule is Cl.Nc1ccccc1SCn1cccnc1=O. The fourth-order valence-corrected chi connectivity index (χ4v) is 2.12. The van der Waals surface area contributed by atoms with E-state index in [0.717, 1.165) is 10.6 Å². The molecule has 4 nitrogen and oxygen atoms in total. The zero-order chi connectivity index (χ0) is 11.4.